The average molecular weight is 420 g/mol. The summed E-state index contributed by atoms with van der Waals surface area (Å²) in [5.41, 5.74) is 2.91. The highest BCUT2D eigenvalue weighted by molar-refractivity contribution is 6.20. The Morgan fingerprint density at radius 1 is 1.10 bits per heavy atom. The summed E-state index contributed by atoms with van der Waals surface area (Å²) in [5, 5.41) is 17.1. The number of carbonyl (C=O) groups is 2. The van der Waals surface area contributed by atoms with Gasteiger partial charge in [0, 0.05) is 18.7 Å². The first-order chi connectivity index (χ1) is 14.8. The number of amides is 1. The number of nitrogens with zero attached hydrogens (tertiary/aromatic N) is 1. The summed E-state index contributed by atoms with van der Waals surface area (Å²) in [6.07, 6.45) is 0.789. The molecule has 31 heavy (non-hydrogen) atoms. The number of rotatable bonds is 8. The molecule has 6 heteroatoms. The van der Waals surface area contributed by atoms with Crippen LogP contribution in [0, 0.1) is 0 Å². The van der Waals surface area contributed by atoms with Crippen molar-refractivity contribution in [2.45, 2.75) is 39.3 Å². The molecule has 0 unspecified atom stereocenters. The van der Waals surface area contributed by atoms with E-state index in [-0.39, 0.29) is 35.1 Å². The fourth-order valence-electron chi connectivity index (χ4n) is 3.40. The summed E-state index contributed by atoms with van der Waals surface area (Å²) in [5.74, 6) is -0.598. The van der Waals surface area contributed by atoms with Crippen molar-refractivity contribution in [2.75, 3.05) is 12.4 Å². The van der Waals surface area contributed by atoms with Gasteiger partial charge in [0.05, 0.1) is 23.0 Å². The lowest BCUT2D eigenvalue weighted by atomic mass is 9.91. The van der Waals surface area contributed by atoms with Gasteiger partial charge in [0.1, 0.15) is 5.70 Å². The number of hydrogen-bond acceptors (Lipinski definition) is 5. The van der Waals surface area contributed by atoms with Gasteiger partial charge in [0.15, 0.2) is 5.75 Å². The van der Waals surface area contributed by atoms with Gasteiger partial charge in [0.2, 0.25) is 5.78 Å². The van der Waals surface area contributed by atoms with Crippen molar-refractivity contribution in [1.82, 2.24) is 10.2 Å². The third kappa shape index (κ3) is 4.33. The summed E-state index contributed by atoms with van der Waals surface area (Å²) in [6.45, 7) is 9.70. The second-order valence-corrected chi connectivity index (χ2v) is 7.91. The minimum atomic E-state index is -0.276. The second-order valence-electron chi connectivity index (χ2n) is 7.91. The van der Waals surface area contributed by atoms with E-state index in [0.717, 1.165) is 12.0 Å². The molecule has 6 nitrogen and oxygen atoms in total. The zero-order valence-electron chi connectivity index (χ0n) is 18.4. The molecule has 0 aromatic heterocycles. The zero-order valence-corrected chi connectivity index (χ0v) is 18.4. The molecule has 0 saturated carbocycles. The van der Waals surface area contributed by atoms with Gasteiger partial charge in [0.25, 0.3) is 5.91 Å². The van der Waals surface area contributed by atoms with Gasteiger partial charge < -0.3 is 20.6 Å². The van der Waals surface area contributed by atoms with E-state index < -0.39 is 0 Å². The van der Waals surface area contributed by atoms with E-state index in [0.29, 0.717) is 22.7 Å². The molecule has 0 spiro atoms. The lowest BCUT2D eigenvalue weighted by molar-refractivity contribution is -0.113. The second kappa shape index (κ2) is 9.08. The molecule has 2 aromatic carbocycles. The monoisotopic (exact) mass is 419 g/mol. The summed E-state index contributed by atoms with van der Waals surface area (Å²) < 4.78 is 0. The van der Waals surface area contributed by atoms with Crippen LogP contribution in [0.1, 0.15) is 49.2 Å². The number of hydrogen-bond donors (Lipinski definition) is 3. The van der Waals surface area contributed by atoms with Crippen LogP contribution in [0.15, 0.2) is 72.1 Å². The topological polar surface area (TPSA) is 81.7 Å². The van der Waals surface area contributed by atoms with E-state index in [2.05, 4.69) is 17.2 Å². The van der Waals surface area contributed by atoms with Crippen LogP contribution in [0.25, 0.3) is 0 Å². The zero-order chi connectivity index (χ0) is 22.7. The number of phenolic OH excluding ortho intramolecular Hbond substituents is 1. The van der Waals surface area contributed by atoms with E-state index in [1.165, 1.54) is 0 Å². The smallest absolute Gasteiger partial charge is 0.257 e. The van der Waals surface area contributed by atoms with Crippen LogP contribution < -0.4 is 10.6 Å². The van der Waals surface area contributed by atoms with Crippen LogP contribution in [-0.4, -0.2) is 34.8 Å². The van der Waals surface area contributed by atoms with Gasteiger partial charge in [-0.05, 0) is 38.0 Å². The summed E-state index contributed by atoms with van der Waals surface area (Å²) >= 11 is 0. The molecule has 0 bridgehead atoms. The van der Waals surface area contributed by atoms with Crippen molar-refractivity contribution in [1.29, 1.82) is 0 Å². The van der Waals surface area contributed by atoms with E-state index in [1.54, 1.807) is 30.1 Å². The predicted molar refractivity (Wildman–Crippen MR) is 123 cm³/mol. The van der Waals surface area contributed by atoms with Crippen LogP contribution >= 0.6 is 0 Å². The maximum absolute atomic E-state index is 12.7. The van der Waals surface area contributed by atoms with Crippen LogP contribution in [0.5, 0.6) is 5.75 Å². The molecule has 3 rings (SSSR count). The number of carbonyl (C=O) groups excluding carboxylic acids is 2. The number of aromatic hydroxyl groups is 1. The molecule has 1 aliphatic carbocycles. The molecular weight excluding hydrogens is 390 g/mol. The van der Waals surface area contributed by atoms with Crippen LogP contribution in [0.3, 0.4) is 0 Å². The lowest BCUT2D eigenvalue weighted by Gasteiger charge is -2.30. The van der Waals surface area contributed by atoms with E-state index in [9.17, 15) is 14.7 Å². The third-order valence-electron chi connectivity index (χ3n) is 5.60. The molecule has 3 N–H and O–H groups in total. The minimum absolute atomic E-state index is 0.00461. The molecule has 162 valence electrons. The highest BCUT2D eigenvalue weighted by Crippen LogP contribution is 2.35. The van der Waals surface area contributed by atoms with E-state index >= 15 is 0 Å². The van der Waals surface area contributed by atoms with Gasteiger partial charge in [-0.1, -0.05) is 49.9 Å². The fourth-order valence-corrected chi connectivity index (χ4v) is 3.40. The molecule has 0 radical (unpaired) electrons. The van der Waals surface area contributed by atoms with Crippen molar-refractivity contribution in [3.8, 4) is 5.75 Å². The van der Waals surface area contributed by atoms with Gasteiger partial charge in [-0.25, -0.2) is 0 Å². The number of anilines is 1. The summed E-state index contributed by atoms with van der Waals surface area (Å²) in [6, 6.07) is 14.8. The lowest BCUT2D eigenvalue weighted by Crippen LogP contribution is -2.37. The first kappa shape index (κ1) is 22.2. The van der Waals surface area contributed by atoms with Crippen molar-refractivity contribution >= 4 is 17.4 Å². The van der Waals surface area contributed by atoms with E-state index in [4.69, 9.17) is 0 Å². The Bertz CT molecular complexity index is 1040. The molecule has 1 aliphatic rings. The average Bonchev–Trinajstić information content (AvgIpc) is 2.78. The van der Waals surface area contributed by atoms with Gasteiger partial charge in [-0.2, -0.15) is 0 Å². The van der Waals surface area contributed by atoms with Crippen molar-refractivity contribution in [3.05, 3.63) is 83.2 Å². The first-order valence-corrected chi connectivity index (χ1v) is 10.4. The number of nitrogens with one attached hydrogen (secondary N) is 2. The maximum Gasteiger partial charge on any atom is 0.257 e. The summed E-state index contributed by atoms with van der Waals surface area (Å²) in [7, 11) is 1.69. The third-order valence-corrected chi connectivity index (χ3v) is 5.60. The molecular formula is C25H29N3O3. The summed E-state index contributed by atoms with van der Waals surface area (Å²) in [4.78, 5) is 26.7. The van der Waals surface area contributed by atoms with Crippen molar-refractivity contribution in [3.63, 3.8) is 0 Å². The molecule has 0 saturated heterocycles. The molecule has 0 fully saturated rings. The number of ketones is 1. The van der Waals surface area contributed by atoms with Crippen LogP contribution in [-0.2, 0) is 4.79 Å². The SMILES string of the molecule is C=C1C(=O)C(N[C@H](CC)c2ccccc2)=C1Nc1cccc(C(=O)N(C)C(C)C)c1O. The quantitative estimate of drug-likeness (QED) is 0.437. The van der Waals surface area contributed by atoms with Gasteiger partial charge >= 0.3 is 0 Å². The first-order valence-electron chi connectivity index (χ1n) is 10.4. The van der Waals surface area contributed by atoms with Crippen LogP contribution in [0.4, 0.5) is 5.69 Å². The normalized spacial score (nSPS) is 14.4. The number of para-hydroxylation sites is 1. The van der Waals surface area contributed by atoms with Crippen molar-refractivity contribution < 1.29 is 14.7 Å². The molecule has 1 amide bonds. The molecule has 0 aliphatic heterocycles. The fraction of sp³-hybridized carbons (Fsp3) is 0.280. The van der Waals surface area contributed by atoms with Gasteiger partial charge in [-0.15, -0.1) is 0 Å². The minimum Gasteiger partial charge on any atom is -0.505 e. The number of phenols is 1. The Morgan fingerprint density at radius 3 is 2.39 bits per heavy atom. The Hall–Kier alpha value is -3.54. The Labute approximate surface area is 183 Å². The number of Topliss-reactive ketones (excluding diaryl/α,β-unsaturated/α-hetero) is 1. The number of benzene rings is 2. The number of allylic oxidation sites excluding steroid dienone is 2. The Balaban J connectivity index is 1.89. The maximum atomic E-state index is 12.7. The van der Waals surface area contributed by atoms with Crippen LogP contribution in [0.2, 0.25) is 0 Å². The highest BCUT2D eigenvalue weighted by Gasteiger charge is 2.34. The Morgan fingerprint density at radius 2 is 1.77 bits per heavy atom. The largest absolute Gasteiger partial charge is 0.505 e. The Kier molecular flexibility index (Phi) is 6.49. The predicted octanol–water partition coefficient (Wildman–Crippen LogP) is 4.38. The molecule has 1 atom stereocenters. The molecule has 0 heterocycles. The molecule has 2 aromatic rings. The van der Waals surface area contributed by atoms with Crippen molar-refractivity contribution in [2.24, 2.45) is 0 Å². The highest BCUT2D eigenvalue weighted by atomic mass is 16.3. The van der Waals surface area contributed by atoms with Gasteiger partial charge in [-0.3, -0.25) is 9.59 Å². The standard InChI is InChI=1S/C25H29N3O3/c1-6-19(17-11-8-7-9-12-17)26-22-21(16(4)23(22)29)27-20-14-10-13-18(24(20)30)25(31)28(5)15(2)3/h7-15,19,26-27,30H,4,6H2,1-3,5H3/t19-/m1/s1. The van der Waals surface area contributed by atoms with E-state index in [1.807, 2.05) is 51.1 Å².